The number of nitrogens with one attached hydrogen (secondary N) is 2. The summed E-state index contributed by atoms with van der Waals surface area (Å²) in [5.41, 5.74) is 3.20. The Balaban J connectivity index is 1.44. The first-order valence-corrected chi connectivity index (χ1v) is 9.58. The van der Waals surface area contributed by atoms with E-state index < -0.39 is 0 Å². The van der Waals surface area contributed by atoms with Crippen molar-refractivity contribution in [3.63, 3.8) is 0 Å². The van der Waals surface area contributed by atoms with Gasteiger partial charge >= 0.3 is 0 Å². The van der Waals surface area contributed by atoms with Crippen LogP contribution in [0.4, 0.5) is 5.69 Å². The average Bonchev–Trinajstić information content (AvgIpc) is 2.74. The Kier molecular flexibility index (Phi) is 5.21. The monoisotopic (exact) mass is 387 g/mol. The molecule has 1 aliphatic heterocycles. The molecule has 0 radical (unpaired) electrons. The molecule has 1 aliphatic rings. The van der Waals surface area contributed by atoms with Crippen LogP contribution in [0.5, 0.6) is 0 Å². The van der Waals surface area contributed by atoms with Gasteiger partial charge in [-0.2, -0.15) is 0 Å². The second-order valence-corrected chi connectivity index (χ2v) is 7.31. The van der Waals surface area contributed by atoms with Crippen molar-refractivity contribution in [2.24, 2.45) is 0 Å². The first-order chi connectivity index (χ1) is 13.7. The van der Waals surface area contributed by atoms with Crippen LogP contribution in [-0.2, 0) is 11.3 Å². The highest BCUT2D eigenvalue weighted by atomic mass is 32.2. The number of nitrogens with zero attached hydrogens (tertiary/aromatic N) is 1. The summed E-state index contributed by atoms with van der Waals surface area (Å²) >= 11 is 1.44. The summed E-state index contributed by atoms with van der Waals surface area (Å²) in [6, 6.07) is 18.6. The molecule has 4 rings (SSSR count). The zero-order valence-electron chi connectivity index (χ0n) is 14.9. The summed E-state index contributed by atoms with van der Waals surface area (Å²) in [6.45, 7) is 0.425. The molecular formula is C22H17N3O2S. The third kappa shape index (κ3) is 4.13. The van der Waals surface area contributed by atoms with Crippen LogP contribution >= 0.6 is 11.8 Å². The molecule has 0 spiro atoms. The van der Waals surface area contributed by atoms with E-state index in [-0.39, 0.29) is 11.8 Å². The zero-order chi connectivity index (χ0) is 19.3. The van der Waals surface area contributed by atoms with E-state index >= 15 is 0 Å². The third-order valence-corrected chi connectivity index (χ3v) is 5.32. The number of hydrogen-bond donors (Lipinski definition) is 2. The SMILES string of the molecule is O=C1Nc2ccccc2SC1=Cc1ccc(C(=O)NCc2cccnc2)cc1. The summed E-state index contributed by atoms with van der Waals surface area (Å²) in [6.07, 6.45) is 5.25. The standard InChI is InChI=1S/C22H17N3O2S/c26-21(24-14-16-4-3-11-23-13-16)17-9-7-15(8-10-17)12-20-22(27)25-18-5-1-2-6-19(18)28-20/h1-13H,14H2,(H,24,26)(H,25,27). The molecular weight excluding hydrogens is 370 g/mol. The number of thioether (sulfide) groups is 1. The van der Waals surface area contributed by atoms with Crippen molar-refractivity contribution < 1.29 is 9.59 Å². The fourth-order valence-corrected chi connectivity index (χ4v) is 3.72. The van der Waals surface area contributed by atoms with Crippen molar-refractivity contribution in [3.8, 4) is 0 Å². The Morgan fingerprint density at radius 2 is 1.89 bits per heavy atom. The molecule has 2 heterocycles. The molecule has 0 fully saturated rings. The van der Waals surface area contributed by atoms with Crippen molar-refractivity contribution in [2.45, 2.75) is 11.4 Å². The van der Waals surface area contributed by atoms with E-state index in [0.717, 1.165) is 21.7 Å². The summed E-state index contributed by atoms with van der Waals surface area (Å²) in [4.78, 5) is 30.2. The van der Waals surface area contributed by atoms with Gasteiger partial charge in [0, 0.05) is 29.4 Å². The van der Waals surface area contributed by atoms with E-state index in [1.165, 1.54) is 11.8 Å². The van der Waals surface area contributed by atoms with Crippen LogP contribution in [0.25, 0.3) is 6.08 Å². The topological polar surface area (TPSA) is 71.1 Å². The molecule has 1 aromatic heterocycles. The number of aromatic nitrogens is 1. The van der Waals surface area contributed by atoms with E-state index in [4.69, 9.17) is 0 Å². The fraction of sp³-hybridized carbons (Fsp3) is 0.0455. The number of benzene rings is 2. The summed E-state index contributed by atoms with van der Waals surface area (Å²) in [5, 5.41) is 5.77. The number of carbonyl (C=O) groups excluding carboxylic acids is 2. The predicted molar refractivity (Wildman–Crippen MR) is 111 cm³/mol. The lowest BCUT2D eigenvalue weighted by molar-refractivity contribution is -0.112. The maximum atomic E-state index is 12.3. The molecule has 5 nitrogen and oxygen atoms in total. The Morgan fingerprint density at radius 1 is 1.07 bits per heavy atom. The first kappa shape index (κ1) is 18.0. The van der Waals surface area contributed by atoms with Gasteiger partial charge in [0.15, 0.2) is 0 Å². The Hall–Kier alpha value is -3.38. The van der Waals surface area contributed by atoms with E-state index in [1.807, 2.05) is 54.6 Å². The van der Waals surface area contributed by atoms with Crippen molar-refractivity contribution in [1.82, 2.24) is 10.3 Å². The molecule has 28 heavy (non-hydrogen) atoms. The number of pyridine rings is 1. The maximum absolute atomic E-state index is 12.3. The number of anilines is 1. The van der Waals surface area contributed by atoms with Crippen molar-refractivity contribution in [3.05, 3.63) is 94.7 Å². The number of carbonyl (C=O) groups is 2. The van der Waals surface area contributed by atoms with Crippen LogP contribution in [0.3, 0.4) is 0 Å². The average molecular weight is 387 g/mol. The number of amides is 2. The van der Waals surface area contributed by atoms with Crippen molar-refractivity contribution in [2.75, 3.05) is 5.32 Å². The van der Waals surface area contributed by atoms with Crippen LogP contribution in [0.2, 0.25) is 0 Å². The van der Waals surface area contributed by atoms with Crippen LogP contribution in [-0.4, -0.2) is 16.8 Å². The van der Waals surface area contributed by atoms with Gasteiger partial charge in [-0.15, -0.1) is 0 Å². The summed E-state index contributed by atoms with van der Waals surface area (Å²) in [7, 11) is 0. The lowest BCUT2D eigenvalue weighted by Crippen LogP contribution is -2.22. The van der Waals surface area contributed by atoms with Gasteiger partial charge in [0.25, 0.3) is 11.8 Å². The van der Waals surface area contributed by atoms with Crippen LogP contribution in [0, 0.1) is 0 Å². The Labute approximate surface area is 166 Å². The highest BCUT2D eigenvalue weighted by Crippen LogP contribution is 2.38. The minimum absolute atomic E-state index is 0.123. The Morgan fingerprint density at radius 3 is 2.68 bits per heavy atom. The van der Waals surface area contributed by atoms with Gasteiger partial charge in [0.2, 0.25) is 0 Å². The highest BCUT2D eigenvalue weighted by Gasteiger charge is 2.20. The molecule has 0 saturated carbocycles. The Bertz CT molecular complexity index is 1050. The molecule has 0 atom stereocenters. The normalized spacial score (nSPS) is 14.3. The zero-order valence-corrected chi connectivity index (χ0v) is 15.7. The largest absolute Gasteiger partial charge is 0.348 e. The van der Waals surface area contributed by atoms with E-state index in [9.17, 15) is 9.59 Å². The van der Waals surface area contributed by atoms with Gasteiger partial charge in [-0.25, -0.2) is 0 Å². The molecule has 0 unspecified atom stereocenters. The van der Waals surface area contributed by atoms with Crippen LogP contribution < -0.4 is 10.6 Å². The molecule has 2 aromatic carbocycles. The van der Waals surface area contributed by atoms with Crippen molar-refractivity contribution in [1.29, 1.82) is 0 Å². The van der Waals surface area contributed by atoms with Crippen molar-refractivity contribution >= 4 is 35.3 Å². The maximum Gasteiger partial charge on any atom is 0.262 e. The van der Waals surface area contributed by atoms with Gasteiger partial charge in [-0.1, -0.05) is 42.1 Å². The lowest BCUT2D eigenvalue weighted by atomic mass is 10.1. The molecule has 0 aliphatic carbocycles. The van der Waals surface area contributed by atoms with Gasteiger partial charge < -0.3 is 10.6 Å². The van der Waals surface area contributed by atoms with Gasteiger partial charge in [0.1, 0.15) is 0 Å². The molecule has 3 aromatic rings. The minimum atomic E-state index is -0.151. The molecule has 0 saturated heterocycles. The highest BCUT2D eigenvalue weighted by molar-refractivity contribution is 8.04. The summed E-state index contributed by atoms with van der Waals surface area (Å²) < 4.78 is 0. The number of fused-ring (bicyclic) bond motifs is 1. The summed E-state index contributed by atoms with van der Waals surface area (Å²) in [5.74, 6) is -0.274. The van der Waals surface area contributed by atoms with Gasteiger partial charge in [0.05, 0.1) is 10.6 Å². The number of rotatable bonds is 4. The smallest absolute Gasteiger partial charge is 0.262 e. The molecule has 138 valence electrons. The minimum Gasteiger partial charge on any atom is -0.348 e. The molecule has 6 heteroatoms. The van der Waals surface area contributed by atoms with Gasteiger partial charge in [-0.3, -0.25) is 14.6 Å². The van der Waals surface area contributed by atoms with Crippen LogP contribution in [0.15, 0.2) is 82.9 Å². The lowest BCUT2D eigenvalue weighted by Gasteiger charge is -2.18. The quantitative estimate of drug-likeness (QED) is 0.662. The van der Waals surface area contributed by atoms with Gasteiger partial charge in [-0.05, 0) is 47.5 Å². The van der Waals surface area contributed by atoms with E-state index in [1.54, 1.807) is 24.5 Å². The fourth-order valence-electron chi connectivity index (χ4n) is 2.77. The predicted octanol–water partition coefficient (Wildman–Crippen LogP) is 4.10. The number of para-hydroxylation sites is 1. The first-order valence-electron chi connectivity index (χ1n) is 8.76. The second-order valence-electron chi connectivity index (χ2n) is 6.23. The number of hydrogen-bond acceptors (Lipinski definition) is 4. The third-order valence-electron chi connectivity index (χ3n) is 4.23. The van der Waals surface area contributed by atoms with E-state index in [2.05, 4.69) is 15.6 Å². The van der Waals surface area contributed by atoms with Crippen LogP contribution in [0.1, 0.15) is 21.5 Å². The molecule has 0 bridgehead atoms. The molecule has 2 amide bonds. The van der Waals surface area contributed by atoms with E-state index in [0.29, 0.717) is 17.0 Å². The second kappa shape index (κ2) is 8.10. The molecule has 2 N–H and O–H groups in total.